The molecule has 0 bridgehead atoms. The fraction of sp³-hybridized carbons (Fsp3) is 0.462. The molecule has 18 heavy (non-hydrogen) atoms. The molecule has 100 valence electrons. The molecule has 1 unspecified atom stereocenters. The Morgan fingerprint density at radius 1 is 1.44 bits per heavy atom. The van der Waals surface area contributed by atoms with Gasteiger partial charge in [0, 0.05) is 5.02 Å². The summed E-state index contributed by atoms with van der Waals surface area (Å²) in [6.45, 7) is 4.99. The van der Waals surface area contributed by atoms with Gasteiger partial charge in [-0.1, -0.05) is 11.6 Å². The summed E-state index contributed by atoms with van der Waals surface area (Å²) in [5.41, 5.74) is -0.658. The number of hydrogen-bond acceptors (Lipinski definition) is 3. The van der Waals surface area contributed by atoms with Crippen molar-refractivity contribution in [1.82, 2.24) is 5.32 Å². The highest BCUT2D eigenvalue weighted by Crippen LogP contribution is 2.17. The molecule has 1 aromatic carbocycles. The molecule has 5 heteroatoms. The van der Waals surface area contributed by atoms with Crippen LogP contribution in [0.5, 0.6) is 5.75 Å². The average Bonchev–Trinajstić information content (AvgIpc) is 2.31. The van der Waals surface area contributed by atoms with Crippen molar-refractivity contribution in [2.45, 2.75) is 32.4 Å². The monoisotopic (exact) mass is 271 g/mol. The molecule has 0 heterocycles. The van der Waals surface area contributed by atoms with Crippen LogP contribution in [0.4, 0.5) is 0 Å². The number of amides is 1. The number of rotatable bonds is 5. The third kappa shape index (κ3) is 4.55. The van der Waals surface area contributed by atoms with Crippen molar-refractivity contribution in [2.75, 3.05) is 6.61 Å². The molecule has 0 saturated carbocycles. The van der Waals surface area contributed by atoms with Crippen molar-refractivity contribution >= 4 is 17.5 Å². The molecule has 0 aromatic heterocycles. The van der Waals surface area contributed by atoms with Crippen LogP contribution in [0.25, 0.3) is 0 Å². The largest absolute Gasteiger partial charge is 0.481 e. The zero-order valence-corrected chi connectivity index (χ0v) is 11.5. The molecule has 0 radical (unpaired) electrons. The molecule has 1 amide bonds. The summed E-state index contributed by atoms with van der Waals surface area (Å²) in [7, 11) is 0. The molecule has 1 rings (SSSR count). The third-order valence-electron chi connectivity index (χ3n) is 2.35. The van der Waals surface area contributed by atoms with Gasteiger partial charge >= 0.3 is 0 Å². The molecule has 0 spiro atoms. The third-order valence-corrected chi connectivity index (χ3v) is 2.60. The Morgan fingerprint density at radius 2 is 2.00 bits per heavy atom. The van der Waals surface area contributed by atoms with E-state index in [1.165, 1.54) is 0 Å². The van der Waals surface area contributed by atoms with Gasteiger partial charge in [0.05, 0.1) is 12.1 Å². The number of halogens is 1. The van der Waals surface area contributed by atoms with Gasteiger partial charge in [-0.05, 0) is 45.0 Å². The van der Waals surface area contributed by atoms with Crippen LogP contribution in [0.15, 0.2) is 24.3 Å². The van der Waals surface area contributed by atoms with Crippen molar-refractivity contribution in [3.63, 3.8) is 0 Å². The lowest BCUT2D eigenvalue weighted by molar-refractivity contribution is -0.129. The molecule has 2 N–H and O–H groups in total. The van der Waals surface area contributed by atoms with Gasteiger partial charge in [0.1, 0.15) is 5.75 Å². The second kappa shape index (κ2) is 6.07. The van der Waals surface area contributed by atoms with Crippen LogP contribution in [-0.2, 0) is 4.79 Å². The van der Waals surface area contributed by atoms with Crippen molar-refractivity contribution < 1.29 is 14.6 Å². The van der Waals surface area contributed by atoms with Gasteiger partial charge in [-0.15, -0.1) is 0 Å². The van der Waals surface area contributed by atoms with E-state index in [0.717, 1.165) is 0 Å². The minimum Gasteiger partial charge on any atom is -0.481 e. The first-order valence-electron chi connectivity index (χ1n) is 5.69. The number of ether oxygens (including phenoxy) is 1. The van der Waals surface area contributed by atoms with E-state index in [-0.39, 0.29) is 12.5 Å². The number of benzene rings is 1. The number of carbonyl (C=O) groups excluding carboxylic acids is 1. The van der Waals surface area contributed by atoms with E-state index in [1.54, 1.807) is 45.0 Å². The van der Waals surface area contributed by atoms with Crippen LogP contribution < -0.4 is 10.1 Å². The van der Waals surface area contributed by atoms with E-state index in [2.05, 4.69) is 5.32 Å². The number of nitrogens with one attached hydrogen (secondary N) is 1. The lowest BCUT2D eigenvalue weighted by Gasteiger charge is -2.25. The van der Waals surface area contributed by atoms with E-state index in [9.17, 15) is 4.79 Å². The van der Waals surface area contributed by atoms with Gasteiger partial charge < -0.3 is 15.2 Å². The number of aliphatic hydroxyl groups is 1. The van der Waals surface area contributed by atoms with E-state index in [0.29, 0.717) is 10.8 Å². The molecule has 0 aliphatic heterocycles. The number of aliphatic hydroxyl groups excluding tert-OH is 1. The summed E-state index contributed by atoms with van der Waals surface area (Å²) in [4.78, 5) is 11.8. The summed E-state index contributed by atoms with van der Waals surface area (Å²) < 4.78 is 5.47. The fourth-order valence-corrected chi connectivity index (χ4v) is 1.37. The maximum absolute atomic E-state index is 11.8. The SMILES string of the molecule is CC(Oc1ccc(Cl)cc1)C(=O)NC(C)(C)CO. The maximum Gasteiger partial charge on any atom is 0.261 e. The molecule has 4 nitrogen and oxygen atoms in total. The summed E-state index contributed by atoms with van der Waals surface area (Å²) in [6.07, 6.45) is -0.642. The lowest BCUT2D eigenvalue weighted by atomic mass is 10.1. The first-order valence-corrected chi connectivity index (χ1v) is 6.07. The Labute approximate surface area is 112 Å². The van der Waals surface area contributed by atoms with Crippen molar-refractivity contribution in [3.05, 3.63) is 29.3 Å². The lowest BCUT2D eigenvalue weighted by Crippen LogP contribution is -2.50. The summed E-state index contributed by atoms with van der Waals surface area (Å²) in [5.74, 6) is 0.299. The van der Waals surface area contributed by atoms with Gasteiger partial charge in [-0.3, -0.25) is 4.79 Å². The topological polar surface area (TPSA) is 58.6 Å². The van der Waals surface area contributed by atoms with Crippen LogP contribution in [0.1, 0.15) is 20.8 Å². The number of hydrogen-bond donors (Lipinski definition) is 2. The molecule has 1 aromatic rings. The Balaban J connectivity index is 2.57. The molecule has 0 aliphatic rings. The summed E-state index contributed by atoms with van der Waals surface area (Å²) in [6, 6.07) is 6.78. The maximum atomic E-state index is 11.8. The number of carbonyl (C=O) groups is 1. The van der Waals surface area contributed by atoms with Crippen molar-refractivity contribution in [3.8, 4) is 5.75 Å². The average molecular weight is 272 g/mol. The highest BCUT2D eigenvalue weighted by atomic mass is 35.5. The van der Waals surface area contributed by atoms with E-state index >= 15 is 0 Å². The summed E-state index contributed by atoms with van der Waals surface area (Å²) in [5, 5.41) is 12.4. The summed E-state index contributed by atoms with van der Waals surface area (Å²) >= 11 is 5.75. The molecular weight excluding hydrogens is 254 g/mol. The Morgan fingerprint density at radius 3 is 2.50 bits per heavy atom. The van der Waals surface area contributed by atoms with Crippen LogP contribution in [-0.4, -0.2) is 29.3 Å². The van der Waals surface area contributed by atoms with E-state index < -0.39 is 11.6 Å². The Bertz CT molecular complexity index is 403. The quantitative estimate of drug-likeness (QED) is 0.861. The Hall–Kier alpha value is -1.26. The zero-order chi connectivity index (χ0) is 13.8. The standard InChI is InChI=1S/C13H18ClNO3/c1-9(12(17)15-13(2,3)8-16)18-11-6-4-10(14)5-7-11/h4-7,9,16H,8H2,1-3H3,(H,15,17). The van der Waals surface area contributed by atoms with E-state index in [4.69, 9.17) is 21.4 Å². The van der Waals surface area contributed by atoms with E-state index in [1.807, 2.05) is 0 Å². The molecule has 1 atom stereocenters. The molecule has 0 saturated heterocycles. The smallest absolute Gasteiger partial charge is 0.261 e. The highest BCUT2D eigenvalue weighted by Gasteiger charge is 2.23. The van der Waals surface area contributed by atoms with Crippen LogP contribution in [0, 0.1) is 0 Å². The zero-order valence-electron chi connectivity index (χ0n) is 10.7. The first-order chi connectivity index (χ1) is 8.34. The van der Waals surface area contributed by atoms with Crippen LogP contribution in [0.2, 0.25) is 5.02 Å². The van der Waals surface area contributed by atoms with Crippen LogP contribution in [0.3, 0.4) is 0 Å². The van der Waals surface area contributed by atoms with Gasteiger partial charge in [-0.2, -0.15) is 0 Å². The Kier molecular flexibility index (Phi) is 4.99. The second-order valence-corrected chi connectivity index (χ2v) is 5.18. The molecule has 0 fully saturated rings. The predicted molar refractivity (Wildman–Crippen MR) is 70.8 cm³/mol. The second-order valence-electron chi connectivity index (χ2n) is 4.75. The van der Waals surface area contributed by atoms with Gasteiger partial charge in [-0.25, -0.2) is 0 Å². The predicted octanol–water partition coefficient (Wildman–Crippen LogP) is 1.99. The first kappa shape index (κ1) is 14.8. The normalized spacial score (nSPS) is 12.9. The minimum absolute atomic E-state index is 0.133. The fourth-order valence-electron chi connectivity index (χ4n) is 1.25. The van der Waals surface area contributed by atoms with Gasteiger partial charge in [0.25, 0.3) is 5.91 Å². The van der Waals surface area contributed by atoms with Crippen LogP contribution >= 0.6 is 11.6 Å². The molecular formula is C13H18ClNO3. The highest BCUT2D eigenvalue weighted by molar-refractivity contribution is 6.30. The van der Waals surface area contributed by atoms with Gasteiger partial charge in [0.2, 0.25) is 0 Å². The van der Waals surface area contributed by atoms with Gasteiger partial charge in [0.15, 0.2) is 6.10 Å². The minimum atomic E-state index is -0.658. The molecule has 0 aliphatic carbocycles. The van der Waals surface area contributed by atoms with Crippen molar-refractivity contribution in [1.29, 1.82) is 0 Å². The van der Waals surface area contributed by atoms with Crippen molar-refractivity contribution in [2.24, 2.45) is 0 Å².